The van der Waals surface area contributed by atoms with E-state index in [-0.39, 0.29) is 17.6 Å². The zero-order valence-corrected chi connectivity index (χ0v) is 16.3. The summed E-state index contributed by atoms with van der Waals surface area (Å²) in [4.78, 5) is 23.1. The van der Waals surface area contributed by atoms with Crippen molar-refractivity contribution >= 4 is 23.2 Å². The van der Waals surface area contributed by atoms with Crippen LogP contribution in [0, 0.1) is 11.7 Å². The van der Waals surface area contributed by atoms with E-state index < -0.39 is 0 Å². The highest BCUT2D eigenvalue weighted by Crippen LogP contribution is 2.26. The normalized spacial score (nSPS) is 16.9. The number of nitrogens with zero attached hydrogens (tertiary/aromatic N) is 3. The highest BCUT2D eigenvalue weighted by molar-refractivity contribution is 5.76. The lowest BCUT2D eigenvalue weighted by atomic mass is 9.94. The molecule has 6 nitrogen and oxygen atoms in total. The predicted molar refractivity (Wildman–Crippen MR) is 109 cm³/mol. The lowest BCUT2D eigenvalue weighted by molar-refractivity contribution is -0.122. The third-order valence-corrected chi connectivity index (χ3v) is 5.32. The van der Waals surface area contributed by atoms with Crippen molar-refractivity contribution in [1.29, 1.82) is 0 Å². The van der Waals surface area contributed by atoms with Gasteiger partial charge in [0.1, 0.15) is 5.82 Å². The molecule has 0 spiro atoms. The van der Waals surface area contributed by atoms with E-state index in [1.807, 2.05) is 18.2 Å². The molecule has 1 amide bonds. The number of oxazole rings is 1. The number of hydrogen-bond acceptors (Lipinski definition) is 5. The second-order valence-corrected chi connectivity index (χ2v) is 7.52. The van der Waals surface area contributed by atoms with E-state index in [1.165, 1.54) is 6.07 Å². The maximum atomic E-state index is 13.6. The number of piperidine rings is 1. The van der Waals surface area contributed by atoms with Crippen LogP contribution in [0.1, 0.15) is 31.2 Å². The number of fused-ring (bicyclic) bond motifs is 1. The van der Waals surface area contributed by atoms with Crippen LogP contribution in [0.5, 0.6) is 0 Å². The summed E-state index contributed by atoms with van der Waals surface area (Å²) in [5.74, 6) is 0.124. The van der Waals surface area contributed by atoms with Gasteiger partial charge in [-0.3, -0.25) is 4.79 Å². The van der Waals surface area contributed by atoms with Gasteiger partial charge in [-0.25, -0.2) is 9.37 Å². The number of benzene rings is 1. The van der Waals surface area contributed by atoms with Crippen LogP contribution in [-0.2, 0) is 11.2 Å². The number of aryl methyl sites for hydroxylation is 1. The molecular formula is C22H25FN4O2. The fourth-order valence-electron chi connectivity index (χ4n) is 3.84. The Morgan fingerprint density at radius 2 is 2.17 bits per heavy atom. The van der Waals surface area contributed by atoms with Crippen LogP contribution in [0.4, 0.5) is 10.4 Å². The molecule has 0 bridgehead atoms. The zero-order chi connectivity index (χ0) is 20.1. The van der Waals surface area contributed by atoms with Gasteiger partial charge in [-0.2, -0.15) is 4.98 Å². The summed E-state index contributed by atoms with van der Waals surface area (Å²) >= 11 is 0. The molecule has 0 saturated carbocycles. The molecule has 1 unspecified atom stereocenters. The van der Waals surface area contributed by atoms with Gasteiger partial charge in [0.15, 0.2) is 5.58 Å². The molecule has 1 atom stereocenters. The summed E-state index contributed by atoms with van der Waals surface area (Å²) in [7, 11) is 0. The van der Waals surface area contributed by atoms with Crippen LogP contribution in [-0.4, -0.2) is 35.5 Å². The third kappa shape index (κ3) is 4.91. The summed E-state index contributed by atoms with van der Waals surface area (Å²) in [5, 5.41) is 2.97. The average Bonchev–Trinajstić information content (AvgIpc) is 3.17. The first kappa shape index (κ1) is 19.4. The summed E-state index contributed by atoms with van der Waals surface area (Å²) in [5.41, 5.74) is 1.98. The minimum absolute atomic E-state index is 0.0459. The van der Waals surface area contributed by atoms with Crippen molar-refractivity contribution in [2.24, 2.45) is 5.92 Å². The van der Waals surface area contributed by atoms with Crippen LogP contribution >= 0.6 is 0 Å². The molecule has 3 heterocycles. The molecule has 1 N–H and O–H groups in total. The van der Waals surface area contributed by atoms with Crippen LogP contribution in [0.3, 0.4) is 0 Å². The van der Waals surface area contributed by atoms with Gasteiger partial charge in [0.05, 0.1) is 0 Å². The number of anilines is 1. The van der Waals surface area contributed by atoms with Crippen molar-refractivity contribution in [1.82, 2.24) is 15.3 Å². The number of halogens is 1. The first-order valence-corrected chi connectivity index (χ1v) is 10.2. The second kappa shape index (κ2) is 9.03. The number of aromatic nitrogens is 2. The minimum Gasteiger partial charge on any atom is -0.422 e. The fourth-order valence-corrected chi connectivity index (χ4v) is 3.84. The summed E-state index contributed by atoms with van der Waals surface area (Å²) in [6.07, 6.45) is 5.53. The first-order chi connectivity index (χ1) is 14.2. The van der Waals surface area contributed by atoms with Crippen molar-refractivity contribution in [3.05, 3.63) is 54.0 Å². The van der Waals surface area contributed by atoms with E-state index in [1.54, 1.807) is 18.3 Å². The Hall–Kier alpha value is -2.96. The number of carbonyl (C=O) groups excluding carboxylic acids is 1. The van der Waals surface area contributed by atoms with E-state index in [0.29, 0.717) is 42.2 Å². The van der Waals surface area contributed by atoms with E-state index in [9.17, 15) is 9.18 Å². The van der Waals surface area contributed by atoms with Gasteiger partial charge < -0.3 is 14.6 Å². The van der Waals surface area contributed by atoms with Gasteiger partial charge in [-0.05, 0) is 55.4 Å². The van der Waals surface area contributed by atoms with Crippen LogP contribution in [0.25, 0.3) is 11.2 Å². The Balaban J connectivity index is 1.23. The summed E-state index contributed by atoms with van der Waals surface area (Å²) in [6, 6.07) is 11.0. The summed E-state index contributed by atoms with van der Waals surface area (Å²) < 4.78 is 19.4. The Morgan fingerprint density at radius 1 is 1.28 bits per heavy atom. The Morgan fingerprint density at radius 3 is 3.03 bits per heavy atom. The third-order valence-electron chi connectivity index (χ3n) is 5.32. The maximum Gasteiger partial charge on any atom is 0.299 e. The summed E-state index contributed by atoms with van der Waals surface area (Å²) in [6.45, 7) is 2.17. The van der Waals surface area contributed by atoms with Crippen LogP contribution in [0.15, 0.2) is 47.0 Å². The largest absolute Gasteiger partial charge is 0.422 e. The lowest BCUT2D eigenvalue weighted by Crippen LogP contribution is -2.38. The molecule has 4 rings (SSSR count). The van der Waals surface area contributed by atoms with E-state index in [4.69, 9.17) is 4.42 Å². The Kier molecular flexibility index (Phi) is 6.03. The van der Waals surface area contributed by atoms with Gasteiger partial charge in [-0.1, -0.05) is 18.2 Å². The van der Waals surface area contributed by atoms with E-state index >= 15 is 0 Å². The smallest absolute Gasteiger partial charge is 0.299 e. The van der Waals surface area contributed by atoms with Gasteiger partial charge in [-0.15, -0.1) is 0 Å². The molecule has 2 aromatic heterocycles. The fraction of sp³-hybridized carbons (Fsp3) is 0.409. The lowest BCUT2D eigenvalue weighted by Gasteiger charge is -2.31. The van der Waals surface area contributed by atoms with Crippen molar-refractivity contribution < 1.29 is 13.6 Å². The molecule has 3 aromatic rings. The molecular weight excluding hydrogens is 371 g/mol. The molecule has 29 heavy (non-hydrogen) atoms. The molecule has 1 fully saturated rings. The average molecular weight is 396 g/mol. The number of rotatable bonds is 7. The molecule has 0 radical (unpaired) electrons. The maximum absolute atomic E-state index is 13.6. The Labute approximate surface area is 169 Å². The highest BCUT2D eigenvalue weighted by Gasteiger charge is 2.25. The number of nitrogens with one attached hydrogen (secondary N) is 1. The molecule has 0 aliphatic carbocycles. The number of hydrogen-bond donors (Lipinski definition) is 1. The van der Waals surface area contributed by atoms with Crippen LogP contribution in [0.2, 0.25) is 0 Å². The molecule has 1 aliphatic heterocycles. The standard InChI is InChI=1S/C22H25FN4O2/c23-18-9-2-1-7-17(18)8-3-11-24-20(28)14-16-6-5-13-27(15-16)22-26-21-19(29-22)10-4-12-25-21/h1-2,4,7,9-10,12,16H,3,5-6,8,11,13-15H2,(H,24,28). The van der Waals surface area contributed by atoms with Gasteiger partial charge in [0.25, 0.3) is 6.01 Å². The van der Waals surface area contributed by atoms with Crippen LogP contribution < -0.4 is 10.2 Å². The van der Waals surface area contributed by atoms with Crippen molar-refractivity contribution in [3.63, 3.8) is 0 Å². The highest BCUT2D eigenvalue weighted by atomic mass is 19.1. The van der Waals surface area contributed by atoms with Gasteiger partial charge >= 0.3 is 0 Å². The Bertz CT molecular complexity index is 941. The van der Waals surface area contributed by atoms with Crippen molar-refractivity contribution in [2.75, 3.05) is 24.5 Å². The number of carbonyl (C=O) groups is 1. The van der Waals surface area contributed by atoms with Gasteiger partial charge in [0, 0.05) is 32.3 Å². The number of pyridine rings is 1. The topological polar surface area (TPSA) is 71.3 Å². The molecule has 152 valence electrons. The van der Waals surface area contributed by atoms with Gasteiger partial charge in [0.2, 0.25) is 11.6 Å². The monoisotopic (exact) mass is 396 g/mol. The second-order valence-electron chi connectivity index (χ2n) is 7.52. The van der Waals surface area contributed by atoms with E-state index in [2.05, 4.69) is 20.2 Å². The molecule has 1 aliphatic rings. The SMILES string of the molecule is O=C(CC1CCCN(c2nc3ncccc3o2)C1)NCCCc1ccccc1F. The predicted octanol–water partition coefficient (Wildman–Crippen LogP) is 3.72. The molecule has 1 aromatic carbocycles. The first-order valence-electron chi connectivity index (χ1n) is 10.2. The quantitative estimate of drug-likeness (QED) is 0.617. The van der Waals surface area contributed by atoms with Crippen molar-refractivity contribution in [2.45, 2.75) is 32.1 Å². The molecule has 7 heteroatoms. The number of amides is 1. The van der Waals surface area contributed by atoms with E-state index in [0.717, 1.165) is 32.4 Å². The minimum atomic E-state index is -0.185. The molecule has 1 saturated heterocycles. The zero-order valence-electron chi connectivity index (χ0n) is 16.3. The van der Waals surface area contributed by atoms with Crippen molar-refractivity contribution in [3.8, 4) is 0 Å².